The normalized spacial score (nSPS) is 10.4. The highest BCUT2D eigenvalue weighted by Gasteiger charge is 2.23. The van der Waals surface area contributed by atoms with E-state index >= 15 is 0 Å². The van der Waals surface area contributed by atoms with Gasteiger partial charge in [0.1, 0.15) is 18.2 Å². The molecule has 0 saturated carbocycles. The maximum atomic E-state index is 12.6. The molecule has 0 bridgehead atoms. The first-order valence-corrected chi connectivity index (χ1v) is 7.52. The molecule has 130 valence electrons. The number of esters is 1. The van der Waals surface area contributed by atoms with Crippen molar-refractivity contribution in [2.45, 2.75) is 34.2 Å². The summed E-state index contributed by atoms with van der Waals surface area (Å²) in [5.41, 5.74) is 1.81. The number of hydrogen-bond acceptors (Lipinski definition) is 6. The maximum Gasteiger partial charge on any atom is 0.339 e. The van der Waals surface area contributed by atoms with Gasteiger partial charge in [0.15, 0.2) is 0 Å². The molecule has 0 aliphatic carbocycles. The van der Waals surface area contributed by atoms with Crippen molar-refractivity contribution < 1.29 is 14.3 Å². The summed E-state index contributed by atoms with van der Waals surface area (Å²) in [5.74, 6) is -0.962. The van der Waals surface area contributed by atoms with E-state index < -0.39 is 17.3 Å². The number of nitriles is 1. The number of rotatable bonds is 4. The molecule has 0 atom stereocenters. The van der Waals surface area contributed by atoms with Crippen molar-refractivity contribution in [1.82, 2.24) is 14.8 Å². The monoisotopic (exact) mass is 342 g/mol. The first-order valence-electron chi connectivity index (χ1n) is 7.52. The molecule has 0 aliphatic heterocycles. The molecule has 0 aliphatic rings. The third-order valence-corrected chi connectivity index (χ3v) is 4.15. The highest BCUT2D eigenvalue weighted by molar-refractivity contribution is 6.01. The van der Waals surface area contributed by atoms with E-state index in [0.29, 0.717) is 28.1 Å². The van der Waals surface area contributed by atoms with Crippen LogP contribution in [0.3, 0.4) is 0 Å². The zero-order chi connectivity index (χ0) is 18.9. The Bertz CT molecular complexity index is 976. The van der Waals surface area contributed by atoms with Gasteiger partial charge in [-0.05, 0) is 38.8 Å². The second-order valence-corrected chi connectivity index (χ2v) is 5.70. The largest absolute Gasteiger partial charge is 0.465 e. The summed E-state index contributed by atoms with van der Waals surface area (Å²) in [6.45, 7) is 6.24. The average Bonchev–Trinajstić information content (AvgIpc) is 2.87. The van der Waals surface area contributed by atoms with Crippen LogP contribution in [-0.4, -0.2) is 33.6 Å². The van der Waals surface area contributed by atoms with Gasteiger partial charge in [-0.3, -0.25) is 9.59 Å². The van der Waals surface area contributed by atoms with Crippen LogP contribution in [0.25, 0.3) is 0 Å². The summed E-state index contributed by atoms with van der Waals surface area (Å²) in [6, 6.07) is 1.85. The number of H-pyrrole nitrogens is 1. The quantitative estimate of drug-likeness (QED) is 0.662. The number of ether oxygens (including phenoxy) is 1. The van der Waals surface area contributed by atoms with Gasteiger partial charge in [0.25, 0.3) is 5.56 Å². The molecule has 0 unspecified atom stereocenters. The number of aromatic amines is 1. The molecule has 0 amide bonds. The summed E-state index contributed by atoms with van der Waals surface area (Å²) in [4.78, 5) is 39.6. The molecule has 8 nitrogen and oxygen atoms in total. The number of carbonyl (C=O) groups excluding carboxylic acids is 2. The molecule has 0 spiro atoms. The minimum atomic E-state index is -0.618. The van der Waals surface area contributed by atoms with E-state index in [4.69, 9.17) is 10.00 Å². The lowest BCUT2D eigenvalue weighted by molar-refractivity contribution is 0.0599. The van der Waals surface area contributed by atoms with Gasteiger partial charge in [0.05, 0.1) is 24.1 Å². The molecule has 2 heterocycles. The lowest BCUT2D eigenvalue weighted by Crippen LogP contribution is -2.30. The Balaban J connectivity index is 2.46. The molecule has 1 N–H and O–H groups in total. The molecule has 25 heavy (non-hydrogen) atoms. The first kappa shape index (κ1) is 18.1. The molecule has 0 saturated heterocycles. The van der Waals surface area contributed by atoms with E-state index in [2.05, 4.69) is 10.1 Å². The first-order chi connectivity index (χ1) is 11.7. The summed E-state index contributed by atoms with van der Waals surface area (Å²) < 4.78 is 5.68. The van der Waals surface area contributed by atoms with Crippen LogP contribution in [0.2, 0.25) is 0 Å². The van der Waals surface area contributed by atoms with Crippen LogP contribution in [0.5, 0.6) is 0 Å². The number of Topliss-reactive ketones (excluding diaryl/α,β-unsaturated/α-hetero) is 1. The third-order valence-electron chi connectivity index (χ3n) is 4.15. The number of ketones is 1. The molecule has 2 aromatic heterocycles. The Morgan fingerprint density at radius 3 is 2.44 bits per heavy atom. The van der Waals surface area contributed by atoms with Crippen LogP contribution < -0.4 is 5.56 Å². The van der Waals surface area contributed by atoms with E-state index in [1.54, 1.807) is 27.7 Å². The van der Waals surface area contributed by atoms with Crippen LogP contribution >= 0.6 is 0 Å². The number of methoxy groups -OCH3 is 1. The van der Waals surface area contributed by atoms with E-state index in [0.717, 1.165) is 4.68 Å². The number of aryl methyl sites for hydroxylation is 2. The summed E-state index contributed by atoms with van der Waals surface area (Å²) in [7, 11) is 1.26. The Morgan fingerprint density at radius 1 is 1.24 bits per heavy atom. The summed E-state index contributed by atoms with van der Waals surface area (Å²) in [6.07, 6.45) is 0. The minimum absolute atomic E-state index is 0.0325. The van der Waals surface area contributed by atoms with E-state index in [-0.39, 0.29) is 17.8 Å². The molecule has 0 radical (unpaired) electrons. The molecule has 2 aromatic rings. The van der Waals surface area contributed by atoms with E-state index in [1.165, 1.54) is 7.11 Å². The van der Waals surface area contributed by atoms with Crippen molar-refractivity contribution in [3.8, 4) is 6.07 Å². The smallest absolute Gasteiger partial charge is 0.339 e. The lowest BCUT2D eigenvalue weighted by atomic mass is 10.1. The Labute approximate surface area is 144 Å². The van der Waals surface area contributed by atoms with Crippen molar-refractivity contribution in [2.75, 3.05) is 7.11 Å². The predicted octanol–water partition coefficient (Wildman–Crippen LogP) is 1.35. The highest BCUT2D eigenvalue weighted by Crippen LogP contribution is 2.19. The second-order valence-electron chi connectivity index (χ2n) is 5.70. The van der Waals surface area contributed by atoms with Gasteiger partial charge in [-0.2, -0.15) is 10.4 Å². The Kier molecular flexibility index (Phi) is 4.88. The molecular weight excluding hydrogens is 324 g/mol. The van der Waals surface area contributed by atoms with Gasteiger partial charge in [-0.1, -0.05) is 0 Å². The molecular formula is C17H18N4O4. The second kappa shape index (κ2) is 6.73. The van der Waals surface area contributed by atoms with Gasteiger partial charge >= 0.3 is 5.97 Å². The fraction of sp³-hybridized carbons (Fsp3) is 0.353. The fourth-order valence-electron chi connectivity index (χ4n) is 2.66. The zero-order valence-electron chi connectivity index (χ0n) is 14.7. The van der Waals surface area contributed by atoms with Crippen molar-refractivity contribution in [1.29, 1.82) is 5.26 Å². The third kappa shape index (κ3) is 3.08. The van der Waals surface area contributed by atoms with E-state index in [9.17, 15) is 14.4 Å². The van der Waals surface area contributed by atoms with Crippen molar-refractivity contribution in [2.24, 2.45) is 0 Å². The van der Waals surface area contributed by atoms with E-state index in [1.807, 2.05) is 6.07 Å². The van der Waals surface area contributed by atoms with Gasteiger partial charge in [0.2, 0.25) is 5.78 Å². The highest BCUT2D eigenvalue weighted by atomic mass is 16.5. The van der Waals surface area contributed by atoms with Gasteiger partial charge in [-0.15, -0.1) is 0 Å². The number of nitrogens with zero attached hydrogens (tertiary/aromatic N) is 3. The van der Waals surface area contributed by atoms with Crippen molar-refractivity contribution in [3.05, 3.63) is 49.7 Å². The maximum absolute atomic E-state index is 12.6. The fourth-order valence-corrected chi connectivity index (χ4v) is 2.66. The van der Waals surface area contributed by atoms with Crippen LogP contribution in [0.4, 0.5) is 0 Å². The number of hydrogen-bond donors (Lipinski definition) is 1. The molecule has 0 fully saturated rings. The topological polar surface area (TPSA) is 118 Å². The minimum Gasteiger partial charge on any atom is -0.465 e. The number of nitrogens with one attached hydrogen (secondary N) is 1. The molecule has 8 heteroatoms. The van der Waals surface area contributed by atoms with Gasteiger partial charge < -0.3 is 9.72 Å². The Morgan fingerprint density at radius 2 is 1.88 bits per heavy atom. The van der Waals surface area contributed by atoms with Crippen LogP contribution in [-0.2, 0) is 11.3 Å². The van der Waals surface area contributed by atoms with Crippen molar-refractivity contribution >= 4 is 11.8 Å². The van der Waals surface area contributed by atoms with Crippen LogP contribution in [0.15, 0.2) is 4.79 Å². The number of aromatic nitrogens is 3. The molecule has 0 aromatic carbocycles. The zero-order valence-corrected chi connectivity index (χ0v) is 14.7. The lowest BCUT2D eigenvalue weighted by Gasteiger charge is -2.08. The standard InChI is InChI=1S/C17H18N4O4/c1-8-10(3)20-21(16(23)12(8)6-18)7-13(22)15-9(2)14(11(4)19-15)17(24)25-5/h19H,7H2,1-5H3. The SMILES string of the molecule is COC(=O)c1c(C)[nH]c(C(=O)Cn2nc(C)c(C)c(C#N)c2=O)c1C. The van der Waals surface area contributed by atoms with Gasteiger partial charge in [-0.25, -0.2) is 9.48 Å². The predicted molar refractivity (Wildman–Crippen MR) is 88.6 cm³/mol. The summed E-state index contributed by atoms with van der Waals surface area (Å²) >= 11 is 0. The Hall–Kier alpha value is -3.21. The summed E-state index contributed by atoms with van der Waals surface area (Å²) in [5, 5.41) is 13.2. The number of carbonyl (C=O) groups is 2. The van der Waals surface area contributed by atoms with Gasteiger partial charge in [0, 0.05) is 5.69 Å². The van der Waals surface area contributed by atoms with Crippen LogP contribution in [0, 0.1) is 39.0 Å². The average molecular weight is 342 g/mol. The van der Waals surface area contributed by atoms with Crippen molar-refractivity contribution in [3.63, 3.8) is 0 Å². The molecule has 2 rings (SSSR count). The van der Waals surface area contributed by atoms with Crippen LogP contribution in [0.1, 0.15) is 48.9 Å².